The van der Waals surface area contributed by atoms with E-state index in [-0.39, 0.29) is 4.90 Å². The van der Waals surface area contributed by atoms with Gasteiger partial charge >= 0.3 is 0 Å². The zero-order valence-electron chi connectivity index (χ0n) is 13.8. The molecule has 0 fully saturated rings. The number of benzene rings is 2. The first-order chi connectivity index (χ1) is 12.6. The average molecular weight is 388 g/mol. The molecule has 0 spiro atoms. The van der Waals surface area contributed by atoms with Gasteiger partial charge in [-0.25, -0.2) is 0 Å². The van der Waals surface area contributed by atoms with Crippen molar-refractivity contribution in [1.82, 2.24) is 4.57 Å². The van der Waals surface area contributed by atoms with Crippen LogP contribution in [0.2, 0.25) is 0 Å². The standard InChI is InChI=1S/C18H16N2O4S2/c1-2-8-20-14-11-15-16(24-10-9-23-15)12-17(14)25-18(20)19-26(21,22)13-6-4-3-5-7-13/h2-7,11-12H,1,8-10H2. The summed E-state index contributed by atoms with van der Waals surface area (Å²) in [5, 5.41) is 0. The van der Waals surface area contributed by atoms with Gasteiger partial charge in [0.05, 0.1) is 15.1 Å². The number of allylic oxidation sites excluding steroid dienone is 1. The van der Waals surface area contributed by atoms with Crippen LogP contribution in [0.15, 0.2) is 64.4 Å². The highest BCUT2D eigenvalue weighted by atomic mass is 32.2. The first-order valence-corrected chi connectivity index (χ1v) is 10.2. The molecule has 0 atom stereocenters. The molecular formula is C18H16N2O4S2. The van der Waals surface area contributed by atoms with Crippen molar-refractivity contribution in [2.75, 3.05) is 13.2 Å². The van der Waals surface area contributed by atoms with Crippen LogP contribution in [0.4, 0.5) is 0 Å². The third-order valence-electron chi connectivity index (χ3n) is 3.90. The molecule has 1 aromatic heterocycles. The molecule has 6 nitrogen and oxygen atoms in total. The Bertz CT molecular complexity index is 1150. The minimum absolute atomic E-state index is 0.161. The zero-order valence-corrected chi connectivity index (χ0v) is 15.4. The van der Waals surface area contributed by atoms with Crippen LogP contribution in [0.1, 0.15) is 0 Å². The summed E-state index contributed by atoms with van der Waals surface area (Å²) < 4.78 is 43.3. The number of thiazole rings is 1. The van der Waals surface area contributed by atoms with E-state index in [1.807, 2.05) is 16.7 Å². The molecule has 4 rings (SSSR count). The van der Waals surface area contributed by atoms with E-state index in [1.165, 1.54) is 23.5 Å². The Labute approximate surface area is 154 Å². The van der Waals surface area contributed by atoms with Gasteiger partial charge < -0.3 is 14.0 Å². The van der Waals surface area contributed by atoms with Crippen LogP contribution >= 0.6 is 11.3 Å². The first-order valence-electron chi connectivity index (χ1n) is 7.98. The third kappa shape index (κ3) is 3.02. The van der Waals surface area contributed by atoms with Gasteiger partial charge in [-0.3, -0.25) is 0 Å². The highest BCUT2D eigenvalue weighted by molar-refractivity contribution is 7.90. The van der Waals surface area contributed by atoms with Gasteiger partial charge in [0.2, 0.25) is 4.80 Å². The number of rotatable bonds is 4. The molecule has 1 aliphatic heterocycles. The number of sulfonamides is 1. The minimum Gasteiger partial charge on any atom is -0.486 e. The Morgan fingerprint density at radius 3 is 2.54 bits per heavy atom. The molecule has 0 saturated heterocycles. The molecule has 0 bridgehead atoms. The lowest BCUT2D eigenvalue weighted by Crippen LogP contribution is -2.17. The van der Waals surface area contributed by atoms with E-state index in [1.54, 1.807) is 24.3 Å². The number of ether oxygens (including phenoxy) is 2. The SMILES string of the molecule is C=CCn1c(=NS(=O)(=O)c2ccccc2)sc2cc3c(cc21)OCCO3. The summed E-state index contributed by atoms with van der Waals surface area (Å²) in [4.78, 5) is 0.541. The van der Waals surface area contributed by atoms with Crippen LogP contribution in [0, 0.1) is 0 Å². The molecule has 134 valence electrons. The molecule has 3 aromatic rings. The molecule has 2 heterocycles. The fraction of sp³-hybridized carbons (Fsp3) is 0.167. The Hall–Kier alpha value is -2.58. The van der Waals surface area contributed by atoms with E-state index < -0.39 is 10.0 Å². The van der Waals surface area contributed by atoms with E-state index in [0.717, 1.165) is 10.2 Å². The van der Waals surface area contributed by atoms with Gasteiger partial charge in [-0.2, -0.15) is 8.42 Å². The van der Waals surface area contributed by atoms with E-state index in [4.69, 9.17) is 9.47 Å². The molecule has 0 aliphatic carbocycles. The van der Waals surface area contributed by atoms with Gasteiger partial charge in [0.1, 0.15) is 13.2 Å². The number of hydrogen-bond acceptors (Lipinski definition) is 5. The highest BCUT2D eigenvalue weighted by Gasteiger charge is 2.18. The number of nitrogens with zero attached hydrogens (tertiary/aromatic N) is 2. The van der Waals surface area contributed by atoms with Crippen molar-refractivity contribution in [2.45, 2.75) is 11.4 Å². The number of aromatic nitrogens is 1. The van der Waals surface area contributed by atoms with Crippen LogP contribution < -0.4 is 14.3 Å². The van der Waals surface area contributed by atoms with Crippen molar-refractivity contribution in [3.63, 3.8) is 0 Å². The predicted molar refractivity (Wildman–Crippen MR) is 100 cm³/mol. The molecule has 0 saturated carbocycles. The van der Waals surface area contributed by atoms with E-state index in [2.05, 4.69) is 11.0 Å². The molecule has 2 aromatic carbocycles. The third-order valence-corrected chi connectivity index (χ3v) is 6.34. The fourth-order valence-corrected chi connectivity index (χ4v) is 5.00. The smallest absolute Gasteiger partial charge is 0.285 e. The Morgan fingerprint density at radius 1 is 1.15 bits per heavy atom. The summed E-state index contributed by atoms with van der Waals surface area (Å²) >= 11 is 1.29. The van der Waals surface area contributed by atoms with Gasteiger partial charge in [0.15, 0.2) is 11.5 Å². The molecule has 0 amide bonds. The van der Waals surface area contributed by atoms with Crippen molar-refractivity contribution < 1.29 is 17.9 Å². The first kappa shape index (κ1) is 16.9. The van der Waals surface area contributed by atoms with Gasteiger partial charge in [-0.05, 0) is 12.1 Å². The predicted octanol–water partition coefficient (Wildman–Crippen LogP) is 2.95. The van der Waals surface area contributed by atoms with E-state index >= 15 is 0 Å². The van der Waals surface area contributed by atoms with E-state index in [0.29, 0.717) is 36.1 Å². The van der Waals surface area contributed by atoms with Crippen molar-refractivity contribution in [1.29, 1.82) is 0 Å². The lowest BCUT2D eigenvalue weighted by atomic mass is 10.2. The zero-order chi connectivity index (χ0) is 18.1. The Balaban J connectivity index is 1.94. The van der Waals surface area contributed by atoms with Crippen LogP contribution in [-0.2, 0) is 16.6 Å². The lowest BCUT2D eigenvalue weighted by molar-refractivity contribution is 0.172. The summed E-state index contributed by atoms with van der Waals surface area (Å²) in [5.41, 5.74) is 0.834. The second-order valence-corrected chi connectivity index (χ2v) is 8.24. The summed E-state index contributed by atoms with van der Waals surface area (Å²) in [6, 6.07) is 11.9. The molecule has 1 aliphatic rings. The van der Waals surface area contributed by atoms with Gasteiger partial charge in [-0.1, -0.05) is 35.6 Å². The maximum absolute atomic E-state index is 12.6. The van der Waals surface area contributed by atoms with E-state index in [9.17, 15) is 8.42 Å². The summed E-state index contributed by atoms with van der Waals surface area (Å²) in [6.07, 6.45) is 1.71. The summed E-state index contributed by atoms with van der Waals surface area (Å²) in [6.45, 7) is 5.18. The van der Waals surface area contributed by atoms with Crippen molar-refractivity contribution in [2.24, 2.45) is 4.40 Å². The summed E-state index contributed by atoms with van der Waals surface area (Å²) in [7, 11) is -3.80. The second-order valence-electron chi connectivity index (χ2n) is 5.63. The monoisotopic (exact) mass is 388 g/mol. The fourth-order valence-electron chi connectivity index (χ4n) is 2.73. The largest absolute Gasteiger partial charge is 0.486 e. The molecular weight excluding hydrogens is 372 g/mol. The molecule has 26 heavy (non-hydrogen) atoms. The topological polar surface area (TPSA) is 69.9 Å². The normalized spacial score (nSPS) is 14.5. The second kappa shape index (κ2) is 6.62. The number of hydrogen-bond donors (Lipinski definition) is 0. The average Bonchev–Trinajstić information content (AvgIpc) is 2.96. The van der Waals surface area contributed by atoms with Crippen LogP contribution in [0.25, 0.3) is 10.2 Å². The van der Waals surface area contributed by atoms with Crippen LogP contribution in [0.5, 0.6) is 11.5 Å². The number of fused-ring (bicyclic) bond motifs is 2. The lowest BCUT2D eigenvalue weighted by Gasteiger charge is -2.18. The molecule has 8 heteroatoms. The quantitative estimate of drug-likeness (QED) is 0.645. The molecule has 0 unspecified atom stereocenters. The van der Waals surface area contributed by atoms with Crippen molar-refractivity contribution >= 4 is 31.6 Å². The Morgan fingerprint density at radius 2 is 1.85 bits per heavy atom. The highest BCUT2D eigenvalue weighted by Crippen LogP contribution is 2.35. The maximum atomic E-state index is 12.6. The molecule has 0 radical (unpaired) electrons. The van der Waals surface area contributed by atoms with Crippen molar-refractivity contribution in [3.8, 4) is 11.5 Å². The summed E-state index contributed by atoms with van der Waals surface area (Å²) in [5.74, 6) is 1.31. The minimum atomic E-state index is -3.80. The molecule has 0 N–H and O–H groups in total. The van der Waals surface area contributed by atoms with Crippen molar-refractivity contribution in [3.05, 3.63) is 59.9 Å². The Kier molecular flexibility index (Phi) is 4.29. The van der Waals surface area contributed by atoms with Crippen LogP contribution in [0.3, 0.4) is 0 Å². The van der Waals surface area contributed by atoms with Gasteiger partial charge in [0.25, 0.3) is 10.0 Å². The van der Waals surface area contributed by atoms with Gasteiger partial charge in [-0.15, -0.1) is 11.0 Å². The van der Waals surface area contributed by atoms with Gasteiger partial charge in [0, 0.05) is 18.7 Å². The van der Waals surface area contributed by atoms with Crippen LogP contribution in [-0.4, -0.2) is 26.2 Å². The maximum Gasteiger partial charge on any atom is 0.285 e.